The van der Waals surface area contributed by atoms with Gasteiger partial charge in [-0.05, 0) is 86.2 Å². The number of hydrogen-bond donors (Lipinski definition) is 0. The summed E-state index contributed by atoms with van der Waals surface area (Å²) in [6.45, 7) is 4.61. The number of benzene rings is 3. The average Bonchev–Trinajstić information content (AvgIpc) is 3.26. The van der Waals surface area contributed by atoms with Crippen LogP contribution in [0.4, 0.5) is 0 Å². The maximum atomic E-state index is 9.34. The third kappa shape index (κ3) is 4.79. The molecule has 1 aromatic heterocycles. The summed E-state index contributed by atoms with van der Waals surface area (Å²) >= 11 is 6.20. The van der Waals surface area contributed by atoms with Gasteiger partial charge in [-0.2, -0.15) is 10.4 Å². The van der Waals surface area contributed by atoms with E-state index in [9.17, 15) is 5.26 Å². The van der Waals surface area contributed by atoms with Crippen molar-refractivity contribution in [1.29, 1.82) is 5.26 Å². The Morgan fingerprint density at radius 2 is 1.71 bits per heavy atom. The molecule has 5 heteroatoms. The van der Waals surface area contributed by atoms with Crippen molar-refractivity contribution in [3.63, 3.8) is 0 Å². The highest BCUT2D eigenvalue weighted by Gasteiger charge is 2.31. The fraction of sp³-hybridized carbons (Fsp3) is 0.333. The molecule has 1 heterocycles. The summed E-state index contributed by atoms with van der Waals surface area (Å²) in [5, 5.41) is 16.3. The van der Waals surface area contributed by atoms with Gasteiger partial charge in [0.1, 0.15) is 5.75 Å². The van der Waals surface area contributed by atoms with Gasteiger partial charge in [-0.15, -0.1) is 0 Å². The van der Waals surface area contributed by atoms with Gasteiger partial charge in [-0.25, -0.2) is 4.68 Å². The van der Waals surface area contributed by atoms with Crippen molar-refractivity contribution in [2.45, 2.75) is 51.9 Å². The Hall–Kier alpha value is -3.29. The number of fused-ring (bicyclic) bond motifs is 1. The molecule has 0 spiro atoms. The molecule has 0 bridgehead atoms. The van der Waals surface area contributed by atoms with Crippen LogP contribution < -0.4 is 4.74 Å². The van der Waals surface area contributed by atoms with Crippen LogP contribution in [0.1, 0.15) is 60.4 Å². The molecule has 1 atom stereocenters. The SMILES string of the molecule is Cc1cc(C#N)cc(C)c1OCC(c1c2ccccc2nn1-c1ccc(Cl)cc1)C1CCCCC1. The van der Waals surface area contributed by atoms with E-state index < -0.39 is 0 Å². The minimum Gasteiger partial charge on any atom is -0.492 e. The summed E-state index contributed by atoms with van der Waals surface area (Å²) in [5.41, 5.74) is 5.87. The number of ether oxygens (including phenoxy) is 1. The molecule has 4 aromatic rings. The molecule has 0 radical (unpaired) electrons. The Morgan fingerprint density at radius 3 is 2.40 bits per heavy atom. The van der Waals surface area contributed by atoms with Crippen LogP contribution in [0.15, 0.2) is 60.7 Å². The largest absolute Gasteiger partial charge is 0.492 e. The Kier molecular flexibility index (Phi) is 6.79. The van der Waals surface area contributed by atoms with Crippen LogP contribution in [-0.2, 0) is 0 Å². The van der Waals surface area contributed by atoms with Crippen LogP contribution in [0.5, 0.6) is 5.75 Å². The molecular formula is C30H30ClN3O. The van der Waals surface area contributed by atoms with Crippen molar-refractivity contribution in [3.8, 4) is 17.5 Å². The number of nitriles is 1. The van der Waals surface area contributed by atoms with Crippen molar-refractivity contribution >= 4 is 22.5 Å². The van der Waals surface area contributed by atoms with Crippen LogP contribution >= 0.6 is 11.6 Å². The first-order valence-electron chi connectivity index (χ1n) is 12.4. The lowest BCUT2D eigenvalue weighted by Gasteiger charge is -2.31. The van der Waals surface area contributed by atoms with Gasteiger partial charge in [0.2, 0.25) is 0 Å². The molecule has 5 rings (SSSR count). The number of hydrogen-bond acceptors (Lipinski definition) is 3. The third-order valence-corrected chi connectivity index (χ3v) is 7.51. The number of rotatable bonds is 6. The van der Waals surface area contributed by atoms with E-state index in [0.29, 0.717) is 23.1 Å². The summed E-state index contributed by atoms with van der Waals surface area (Å²) in [5.74, 6) is 1.59. The van der Waals surface area contributed by atoms with Crippen LogP contribution in [0, 0.1) is 31.1 Å². The molecule has 3 aromatic carbocycles. The minimum atomic E-state index is 0.188. The molecule has 0 saturated heterocycles. The third-order valence-electron chi connectivity index (χ3n) is 7.25. The van der Waals surface area contributed by atoms with Crippen molar-refractivity contribution < 1.29 is 4.74 Å². The molecule has 0 aliphatic heterocycles. The minimum absolute atomic E-state index is 0.188. The van der Waals surface area contributed by atoms with Gasteiger partial charge in [-0.3, -0.25) is 0 Å². The molecule has 1 aliphatic carbocycles. The Bertz CT molecular complexity index is 1350. The number of nitrogens with zero attached hydrogens (tertiary/aromatic N) is 3. The second kappa shape index (κ2) is 10.1. The molecular weight excluding hydrogens is 454 g/mol. The Morgan fingerprint density at radius 1 is 1.03 bits per heavy atom. The van der Waals surface area contributed by atoms with E-state index in [-0.39, 0.29) is 5.92 Å². The monoisotopic (exact) mass is 483 g/mol. The molecule has 1 unspecified atom stereocenters. The van der Waals surface area contributed by atoms with E-state index in [4.69, 9.17) is 21.4 Å². The molecule has 1 saturated carbocycles. The first-order chi connectivity index (χ1) is 17.0. The highest BCUT2D eigenvalue weighted by atomic mass is 35.5. The summed E-state index contributed by atoms with van der Waals surface area (Å²) in [6, 6.07) is 22.4. The van der Waals surface area contributed by atoms with Gasteiger partial charge in [0, 0.05) is 16.3 Å². The lowest BCUT2D eigenvalue weighted by atomic mass is 9.78. The highest BCUT2D eigenvalue weighted by molar-refractivity contribution is 6.30. The fourth-order valence-electron chi connectivity index (χ4n) is 5.58. The standard InChI is InChI=1S/C30H30ClN3O/c1-20-16-22(18-32)17-21(2)30(20)35-19-27(23-8-4-3-5-9-23)29-26-10-6-7-11-28(26)33-34(29)25-14-12-24(31)13-15-25/h6-7,10-17,23,27H,3-5,8-9,19H2,1-2H3. The van der Waals surface area contributed by atoms with E-state index in [1.807, 2.05) is 56.3 Å². The predicted molar refractivity (Wildman–Crippen MR) is 142 cm³/mol. The van der Waals surface area contributed by atoms with Crippen molar-refractivity contribution in [2.24, 2.45) is 5.92 Å². The molecule has 178 valence electrons. The zero-order valence-corrected chi connectivity index (χ0v) is 21.1. The van der Waals surface area contributed by atoms with E-state index in [1.54, 1.807) is 0 Å². The topological polar surface area (TPSA) is 50.8 Å². The lowest BCUT2D eigenvalue weighted by molar-refractivity contribution is 0.206. The molecule has 4 nitrogen and oxygen atoms in total. The summed E-state index contributed by atoms with van der Waals surface area (Å²) in [4.78, 5) is 0. The van der Waals surface area contributed by atoms with E-state index in [0.717, 1.165) is 28.1 Å². The van der Waals surface area contributed by atoms with Gasteiger partial charge in [0.15, 0.2) is 0 Å². The zero-order chi connectivity index (χ0) is 24.4. The summed E-state index contributed by atoms with van der Waals surface area (Å²) in [7, 11) is 0. The molecule has 0 N–H and O–H groups in total. The van der Waals surface area contributed by atoms with Crippen molar-refractivity contribution in [3.05, 3.63) is 88.1 Å². The van der Waals surface area contributed by atoms with Gasteiger partial charge >= 0.3 is 0 Å². The Balaban J connectivity index is 1.60. The highest BCUT2D eigenvalue weighted by Crippen LogP contribution is 2.40. The quantitative estimate of drug-likeness (QED) is 0.280. The zero-order valence-electron chi connectivity index (χ0n) is 20.3. The predicted octanol–water partition coefficient (Wildman–Crippen LogP) is 7.91. The first-order valence-corrected chi connectivity index (χ1v) is 12.8. The summed E-state index contributed by atoms with van der Waals surface area (Å²) in [6.07, 6.45) is 6.19. The van der Waals surface area contributed by atoms with Crippen LogP contribution in [0.25, 0.3) is 16.6 Å². The van der Waals surface area contributed by atoms with Gasteiger partial charge < -0.3 is 4.74 Å². The van der Waals surface area contributed by atoms with E-state index in [1.165, 1.54) is 43.2 Å². The summed E-state index contributed by atoms with van der Waals surface area (Å²) < 4.78 is 8.69. The van der Waals surface area contributed by atoms with Crippen molar-refractivity contribution in [2.75, 3.05) is 6.61 Å². The van der Waals surface area contributed by atoms with Crippen molar-refractivity contribution in [1.82, 2.24) is 9.78 Å². The molecule has 1 aliphatic rings. The smallest absolute Gasteiger partial charge is 0.125 e. The second-order valence-corrected chi connectivity index (χ2v) is 10.1. The van der Waals surface area contributed by atoms with Gasteiger partial charge in [0.25, 0.3) is 0 Å². The number of aromatic nitrogens is 2. The van der Waals surface area contributed by atoms with Crippen LogP contribution in [0.2, 0.25) is 5.02 Å². The molecule has 0 amide bonds. The first kappa shape index (κ1) is 23.5. The van der Waals surface area contributed by atoms with E-state index >= 15 is 0 Å². The van der Waals surface area contributed by atoms with Crippen LogP contribution in [-0.4, -0.2) is 16.4 Å². The lowest BCUT2D eigenvalue weighted by Crippen LogP contribution is -2.25. The molecule has 35 heavy (non-hydrogen) atoms. The molecule has 1 fully saturated rings. The Labute approximate surface area is 212 Å². The van der Waals surface area contributed by atoms with Crippen LogP contribution in [0.3, 0.4) is 0 Å². The maximum absolute atomic E-state index is 9.34. The van der Waals surface area contributed by atoms with Gasteiger partial charge in [0.05, 0.1) is 35.1 Å². The average molecular weight is 484 g/mol. The number of aryl methyl sites for hydroxylation is 2. The normalized spacial score (nSPS) is 15.1. The fourth-order valence-corrected chi connectivity index (χ4v) is 5.71. The second-order valence-electron chi connectivity index (χ2n) is 9.66. The number of halogens is 1. The van der Waals surface area contributed by atoms with E-state index in [2.05, 4.69) is 29.0 Å². The van der Waals surface area contributed by atoms with Gasteiger partial charge in [-0.1, -0.05) is 49.1 Å². The maximum Gasteiger partial charge on any atom is 0.125 e.